The van der Waals surface area contributed by atoms with E-state index < -0.39 is 27.6 Å². The molecule has 2 unspecified atom stereocenters. The Morgan fingerprint density at radius 1 is 1.03 bits per heavy atom. The number of nitrogens with one attached hydrogen (secondary N) is 3. The van der Waals surface area contributed by atoms with Crippen molar-refractivity contribution >= 4 is 44.5 Å². The zero-order valence-corrected chi connectivity index (χ0v) is 18.2. The number of carbonyl (C=O) groups is 2. The fraction of sp³-hybridized carbons (Fsp3) is 0.300. The molecule has 1 aliphatic carbocycles. The van der Waals surface area contributed by atoms with Gasteiger partial charge in [-0.1, -0.05) is 0 Å². The lowest BCUT2D eigenvalue weighted by molar-refractivity contribution is -0.130. The minimum atomic E-state index is -3.87. The molecule has 3 rings (SSSR count). The van der Waals surface area contributed by atoms with Gasteiger partial charge in [-0.05, 0) is 52.0 Å². The molecular weight excluding hydrogens is 420 g/mol. The number of nitrogens with zero attached hydrogens (tertiary/aromatic N) is 3. The number of hydrogen-bond acceptors (Lipinski definition) is 9. The Morgan fingerprint density at radius 2 is 1.68 bits per heavy atom. The maximum atomic E-state index is 12.6. The quantitative estimate of drug-likeness (QED) is 0.473. The highest BCUT2D eigenvalue weighted by atomic mass is 32.2. The first-order valence-electron chi connectivity index (χ1n) is 9.45. The van der Waals surface area contributed by atoms with E-state index in [1.165, 1.54) is 37.3 Å². The molecule has 0 amide bonds. The summed E-state index contributed by atoms with van der Waals surface area (Å²) >= 11 is 0. The molecule has 0 aliphatic heterocycles. The van der Waals surface area contributed by atoms with Crippen LogP contribution in [-0.2, 0) is 19.6 Å². The Morgan fingerprint density at radius 3 is 2.29 bits per heavy atom. The topological polar surface area (TPSA) is 154 Å². The van der Waals surface area contributed by atoms with Crippen molar-refractivity contribution in [2.24, 2.45) is 16.9 Å². The van der Waals surface area contributed by atoms with Crippen molar-refractivity contribution in [2.45, 2.75) is 32.6 Å². The number of hydrogen-bond donors (Lipinski definition) is 3. The largest absolute Gasteiger partial charge is 0.302 e. The Hall–Kier alpha value is -3.47. The molecule has 1 fully saturated rings. The first-order chi connectivity index (χ1) is 14.5. The number of ketones is 2. The lowest BCUT2D eigenvalue weighted by atomic mass is 9.78. The summed E-state index contributed by atoms with van der Waals surface area (Å²) in [5.41, 5.74) is 3.46. The summed E-state index contributed by atoms with van der Waals surface area (Å²) in [4.78, 5) is 32.4. The van der Waals surface area contributed by atoms with Gasteiger partial charge in [0.15, 0.2) is 11.6 Å². The predicted molar refractivity (Wildman–Crippen MR) is 116 cm³/mol. The first-order valence-corrected chi connectivity index (χ1v) is 10.9. The standard InChI is InChI=1S/C20H22N6O4S/c1-10-9-16(23-13(4)22-10)26-31(29,30)15-7-5-14(6-8-15)24-25-18-17(21)11(2)19(27)12(3)20(18)28/h5-9,11-12,21,24H,1-4H3,(H,22,23,26)/b21-17?,25-18-. The van der Waals surface area contributed by atoms with Crippen LogP contribution in [0, 0.1) is 31.1 Å². The molecule has 2 atom stereocenters. The lowest BCUT2D eigenvalue weighted by Crippen LogP contribution is -2.46. The van der Waals surface area contributed by atoms with Gasteiger partial charge in [-0.3, -0.25) is 19.7 Å². The van der Waals surface area contributed by atoms with Crippen molar-refractivity contribution in [2.75, 3.05) is 10.1 Å². The molecular formula is C20H22N6O4S. The number of benzene rings is 1. The van der Waals surface area contributed by atoms with E-state index in [4.69, 9.17) is 5.41 Å². The number of rotatable bonds is 5. The van der Waals surface area contributed by atoms with Crippen LogP contribution in [0.3, 0.4) is 0 Å². The van der Waals surface area contributed by atoms with E-state index in [0.717, 1.165) is 0 Å². The molecule has 0 bridgehead atoms. The molecule has 31 heavy (non-hydrogen) atoms. The number of sulfonamides is 1. The number of anilines is 2. The molecule has 0 saturated heterocycles. The smallest absolute Gasteiger partial charge is 0.263 e. The van der Waals surface area contributed by atoms with Gasteiger partial charge in [0, 0.05) is 11.8 Å². The summed E-state index contributed by atoms with van der Waals surface area (Å²) in [5, 5.41) is 12.0. The van der Waals surface area contributed by atoms with Crippen LogP contribution in [0.25, 0.3) is 0 Å². The van der Waals surface area contributed by atoms with Crippen LogP contribution in [0.5, 0.6) is 0 Å². The zero-order chi connectivity index (χ0) is 22.9. The molecule has 10 nitrogen and oxygen atoms in total. The summed E-state index contributed by atoms with van der Waals surface area (Å²) in [6.45, 7) is 6.47. The summed E-state index contributed by atoms with van der Waals surface area (Å²) in [6.07, 6.45) is 0. The SMILES string of the molecule is Cc1cc(NS(=O)(=O)c2ccc(N/N=C3/C(=N)C(C)C(=O)C(C)C3=O)cc2)nc(C)n1. The van der Waals surface area contributed by atoms with Gasteiger partial charge in [0.2, 0.25) is 0 Å². The summed E-state index contributed by atoms with van der Waals surface area (Å²) in [7, 11) is -3.87. The second-order valence-electron chi connectivity index (χ2n) is 7.27. The van der Waals surface area contributed by atoms with Crippen LogP contribution in [-0.4, -0.2) is 41.4 Å². The van der Waals surface area contributed by atoms with Gasteiger partial charge in [-0.2, -0.15) is 5.10 Å². The van der Waals surface area contributed by atoms with E-state index in [-0.39, 0.29) is 27.9 Å². The van der Waals surface area contributed by atoms with Crippen molar-refractivity contribution in [1.29, 1.82) is 5.41 Å². The number of Topliss-reactive ketones (excluding diaryl/α,β-unsaturated/α-hetero) is 2. The van der Waals surface area contributed by atoms with E-state index in [1.54, 1.807) is 20.8 Å². The Balaban J connectivity index is 1.77. The summed E-state index contributed by atoms with van der Waals surface area (Å²) < 4.78 is 27.6. The van der Waals surface area contributed by atoms with Gasteiger partial charge in [-0.25, -0.2) is 18.4 Å². The molecule has 2 aromatic rings. The van der Waals surface area contributed by atoms with E-state index in [2.05, 4.69) is 25.2 Å². The Labute approximate surface area is 179 Å². The maximum absolute atomic E-state index is 12.6. The highest BCUT2D eigenvalue weighted by Gasteiger charge is 2.40. The molecule has 1 heterocycles. The van der Waals surface area contributed by atoms with Crippen molar-refractivity contribution < 1.29 is 18.0 Å². The van der Waals surface area contributed by atoms with Gasteiger partial charge < -0.3 is 5.41 Å². The normalized spacial score (nSPS) is 20.8. The molecule has 1 aromatic carbocycles. The second kappa shape index (κ2) is 8.34. The second-order valence-corrected chi connectivity index (χ2v) is 8.95. The Bertz CT molecular complexity index is 1160. The molecule has 1 aliphatic rings. The van der Waals surface area contributed by atoms with Crippen LogP contribution >= 0.6 is 0 Å². The maximum Gasteiger partial charge on any atom is 0.263 e. The number of hydrazone groups is 1. The third kappa shape index (κ3) is 4.66. The molecule has 11 heteroatoms. The third-order valence-corrected chi connectivity index (χ3v) is 6.21. The average molecular weight is 443 g/mol. The van der Waals surface area contributed by atoms with Gasteiger partial charge >= 0.3 is 0 Å². The molecule has 0 spiro atoms. The van der Waals surface area contributed by atoms with E-state index in [9.17, 15) is 18.0 Å². The lowest BCUT2D eigenvalue weighted by Gasteiger charge is -2.23. The minimum absolute atomic E-state index is 0.00829. The van der Waals surface area contributed by atoms with E-state index in [0.29, 0.717) is 17.2 Å². The summed E-state index contributed by atoms with van der Waals surface area (Å²) in [5.74, 6) is -1.75. The predicted octanol–water partition coefficient (Wildman–Crippen LogP) is 2.11. The molecule has 162 valence electrons. The van der Waals surface area contributed by atoms with Crippen molar-refractivity contribution in [3.05, 3.63) is 41.9 Å². The van der Waals surface area contributed by atoms with Gasteiger partial charge in [0.05, 0.1) is 28.1 Å². The van der Waals surface area contributed by atoms with Gasteiger partial charge in [0.1, 0.15) is 17.4 Å². The number of aryl methyl sites for hydroxylation is 2. The van der Waals surface area contributed by atoms with Gasteiger partial charge in [0.25, 0.3) is 10.0 Å². The van der Waals surface area contributed by atoms with Crippen LogP contribution in [0.15, 0.2) is 40.3 Å². The molecule has 3 N–H and O–H groups in total. The fourth-order valence-electron chi connectivity index (χ4n) is 3.10. The van der Waals surface area contributed by atoms with Crippen LogP contribution < -0.4 is 10.1 Å². The first kappa shape index (κ1) is 22.2. The van der Waals surface area contributed by atoms with Crippen LogP contribution in [0.1, 0.15) is 25.4 Å². The molecule has 1 saturated carbocycles. The van der Waals surface area contributed by atoms with Crippen molar-refractivity contribution in [1.82, 2.24) is 9.97 Å². The highest BCUT2D eigenvalue weighted by molar-refractivity contribution is 7.92. The van der Waals surface area contributed by atoms with Crippen molar-refractivity contribution in [3.63, 3.8) is 0 Å². The average Bonchev–Trinajstić information content (AvgIpc) is 2.70. The van der Waals surface area contributed by atoms with Crippen LogP contribution in [0.2, 0.25) is 0 Å². The molecule has 0 radical (unpaired) electrons. The Kier molecular flexibility index (Phi) is 5.98. The third-order valence-electron chi connectivity index (χ3n) is 4.83. The summed E-state index contributed by atoms with van der Waals surface area (Å²) in [6, 6.07) is 7.22. The van der Waals surface area contributed by atoms with Crippen LogP contribution in [0.4, 0.5) is 11.5 Å². The fourth-order valence-corrected chi connectivity index (χ4v) is 4.09. The highest BCUT2D eigenvalue weighted by Crippen LogP contribution is 2.20. The molecule has 1 aromatic heterocycles. The van der Waals surface area contributed by atoms with E-state index >= 15 is 0 Å². The van der Waals surface area contributed by atoms with E-state index in [1.807, 2.05) is 0 Å². The van der Waals surface area contributed by atoms with Crippen molar-refractivity contribution in [3.8, 4) is 0 Å². The monoisotopic (exact) mass is 442 g/mol. The number of aromatic nitrogens is 2. The zero-order valence-electron chi connectivity index (χ0n) is 17.4. The number of carbonyl (C=O) groups excluding carboxylic acids is 2. The minimum Gasteiger partial charge on any atom is -0.302 e. The van der Waals surface area contributed by atoms with Gasteiger partial charge in [-0.15, -0.1) is 0 Å².